The number of fused-ring (bicyclic) bond motifs is 4. The van der Waals surface area contributed by atoms with Crippen molar-refractivity contribution in [1.29, 1.82) is 0 Å². The van der Waals surface area contributed by atoms with Crippen molar-refractivity contribution in [3.8, 4) is 0 Å². The second-order valence-corrected chi connectivity index (χ2v) is 8.99. The summed E-state index contributed by atoms with van der Waals surface area (Å²) in [5.41, 5.74) is 2.73. The van der Waals surface area contributed by atoms with Crippen molar-refractivity contribution in [2.45, 2.75) is 18.4 Å². The van der Waals surface area contributed by atoms with Gasteiger partial charge in [-0.05, 0) is 25.1 Å². The summed E-state index contributed by atoms with van der Waals surface area (Å²) in [6, 6.07) is 17.5. The van der Waals surface area contributed by atoms with Crippen molar-refractivity contribution in [2.75, 3.05) is 17.2 Å². The maximum Gasteiger partial charge on any atom is 0.279 e. The van der Waals surface area contributed by atoms with E-state index in [1.807, 2.05) is 34.9 Å². The Hall–Kier alpha value is -1.43. The van der Waals surface area contributed by atoms with Gasteiger partial charge in [-0.25, -0.2) is 0 Å². The summed E-state index contributed by atoms with van der Waals surface area (Å²) in [4.78, 5) is 5.30. The van der Waals surface area contributed by atoms with Crippen LogP contribution in [-0.4, -0.2) is 12.3 Å². The number of benzene rings is 2. The Labute approximate surface area is 154 Å². The van der Waals surface area contributed by atoms with Crippen LogP contribution in [0.15, 0.2) is 58.5 Å². The lowest BCUT2D eigenvalue weighted by molar-refractivity contribution is -0.665. The fourth-order valence-electron chi connectivity index (χ4n) is 3.40. The highest BCUT2D eigenvalue weighted by molar-refractivity contribution is 8.11. The molecule has 3 aromatic rings. The molecule has 0 amide bonds. The van der Waals surface area contributed by atoms with Gasteiger partial charge in [-0.3, -0.25) is 0 Å². The zero-order chi connectivity index (χ0) is 16.1. The molecule has 0 bridgehead atoms. The van der Waals surface area contributed by atoms with Crippen molar-refractivity contribution in [3.63, 3.8) is 0 Å². The summed E-state index contributed by atoms with van der Waals surface area (Å²) in [7, 11) is 0. The van der Waals surface area contributed by atoms with Gasteiger partial charge in [0, 0.05) is 17.5 Å². The first-order valence-electron chi connectivity index (χ1n) is 8.20. The molecule has 2 nitrogen and oxygen atoms in total. The number of para-hydroxylation sites is 2. The first kappa shape index (κ1) is 14.9. The van der Waals surface area contributed by atoms with E-state index < -0.39 is 0 Å². The minimum absolute atomic E-state index is 1.01. The molecule has 0 atom stereocenters. The average Bonchev–Trinajstić information content (AvgIpc) is 3.19. The molecule has 0 saturated heterocycles. The Morgan fingerprint density at radius 3 is 2.83 bits per heavy atom. The first-order valence-corrected chi connectivity index (χ1v) is 10.8. The molecular weight excluding hydrogens is 352 g/mol. The van der Waals surface area contributed by atoms with Crippen LogP contribution >= 0.6 is 34.9 Å². The molecule has 2 aliphatic heterocycles. The predicted octanol–water partition coefficient (Wildman–Crippen LogP) is 5.19. The molecule has 1 aromatic heterocycles. The lowest BCUT2D eigenvalue weighted by Gasteiger charge is -2.21. The fraction of sp³-hybridized carbons (Fsp3) is 0.211. The van der Waals surface area contributed by atoms with Gasteiger partial charge in [0.15, 0.2) is 6.54 Å². The Balaban J connectivity index is 1.73. The highest BCUT2D eigenvalue weighted by Gasteiger charge is 2.35. The molecule has 24 heavy (non-hydrogen) atoms. The Kier molecular flexibility index (Phi) is 3.61. The van der Waals surface area contributed by atoms with Crippen LogP contribution in [0.5, 0.6) is 0 Å². The van der Waals surface area contributed by atoms with Gasteiger partial charge in [-0.2, -0.15) is 4.57 Å². The van der Waals surface area contributed by atoms with Crippen molar-refractivity contribution in [2.24, 2.45) is 0 Å². The van der Waals surface area contributed by atoms with Gasteiger partial charge >= 0.3 is 0 Å². The molecule has 0 N–H and O–H groups in total. The largest absolute Gasteiger partial charge is 0.334 e. The van der Waals surface area contributed by atoms with Crippen LogP contribution in [0.3, 0.4) is 0 Å². The summed E-state index contributed by atoms with van der Waals surface area (Å²) in [6.07, 6.45) is 0. The number of hydrogen-bond acceptors (Lipinski definition) is 4. The predicted molar refractivity (Wildman–Crippen MR) is 107 cm³/mol. The molecule has 0 spiro atoms. The third kappa shape index (κ3) is 2.15. The van der Waals surface area contributed by atoms with Gasteiger partial charge in [0.2, 0.25) is 5.52 Å². The van der Waals surface area contributed by atoms with E-state index in [4.69, 9.17) is 0 Å². The van der Waals surface area contributed by atoms with Crippen LogP contribution in [0.4, 0.5) is 5.69 Å². The molecule has 3 heterocycles. The van der Waals surface area contributed by atoms with Crippen LogP contribution < -0.4 is 9.47 Å². The Bertz CT molecular complexity index is 974. The molecule has 0 unspecified atom stereocenters. The van der Waals surface area contributed by atoms with E-state index >= 15 is 0 Å². The van der Waals surface area contributed by atoms with E-state index in [0.717, 1.165) is 18.8 Å². The SMILES string of the molecule is CCN1C(=C2SCC[n+]3c2sc2ccccc23)Sc2ccccc21. The van der Waals surface area contributed by atoms with Gasteiger partial charge in [0.05, 0.1) is 11.4 Å². The quantitative estimate of drug-likeness (QED) is 0.545. The van der Waals surface area contributed by atoms with Crippen LogP contribution in [0.25, 0.3) is 15.1 Å². The minimum atomic E-state index is 1.01. The van der Waals surface area contributed by atoms with E-state index in [2.05, 4.69) is 64.9 Å². The van der Waals surface area contributed by atoms with Gasteiger partial charge in [-0.1, -0.05) is 47.4 Å². The van der Waals surface area contributed by atoms with Gasteiger partial charge in [0.25, 0.3) is 5.01 Å². The topological polar surface area (TPSA) is 7.12 Å². The summed E-state index contributed by atoms with van der Waals surface area (Å²) in [5.74, 6) is 1.14. The number of aromatic nitrogens is 1. The summed E-state index contributed by atoms with van der Waals surface area (Å²) in [6.45, 7) is 4.36. The molecule has 2 aliphatic rings. The highest BCUT2D eigenvalue weighted by atomic mass is 32.2. The van der Waals surface area contributed by atoms with Gasteiger partial charge in [0.1, 0.15) is 14.6 Å². The minimum Gasteiger partial charge on any atom is -0.334 e. The number of aryl methyl sites for hydroxylation is 1. The Morgan fingerprint density at radius 2 is 1.92 bits per heavy atom. The second kappa shape index (κ2) is 5.83. The molecule has 0 saturated carbocycles. The average molecular weight is 370 g/mol. The number of hydrogen-bond donors (Lipinski definition) is 0. The molecular formula is C19H17N2S3+. The van der Waals surface area contributed by atoms with E-state index in [0.29, 0.717) is 0 Å². The van der Waals surface area contributed by atoms with Gasteiger partial charge in [-0.15, -0.1) is 11.8 Å². The number of thioether (sulfide) groups is 2. The third-order valence-electron chi connectivity index (χ3n) is 4.48. The monoisotopic (exact) mass is 369 g/mol. The van der Waals surface area contributed by atoms with Crippen molar-refractivity contribution >= 4 is 55.7 Å². The second-order valence-electron chi connectivity index (χ2n) is 5.82. The number of rotatable bonds is 1. The lowest BCUT2D eigenvalue weighted by atomic mass is 10.3. The number of anilines is 1. The van der Waals surface area contributed by atoms with E-state index in [1.165, 1.54) is 35.7 Å². The highest BCUT2D eigenvalue weighted by Crippen LogP contribution is 2.51. The molecule has 0 aliphatic carbocycles. The number of nitrogens with zero attached hydrogens (tertiary/aromatic N) is 2. The number of thiazole rings is 1. The van der Waals surface area contributed by atoms with Crippen molar-refractivity contribution in [3.05, 3.63) is 58.6 Å². The Morgan fingerprint density at radius 1 is 1.08 bits per heavy atom. The van der Waals surface area contributed by atoms with Crippen molar-refractivity contribution < 1.29 is 4.57 Å². The lowest BCUT2D eigenvalue weighted by Crippen LogP contribution is -2.40. The molecule has 0 fully saturated rings. The molecule has 5 rings (SSSR count). The standard InChI is InChI=1S/C19H17N2S3/c1-2-20-13-7-3-5-9-15(13)23-18(20)17-19-21(11-12-22-17)14-8-4-6-10-16(14)24-19/h3-10H,2,11-12H2,1H3/q+1. The van der Waals surface area contributed by atoms with E-state index in [1.54, 1.807) is 0 Å². The summed E-state index contributed by atoms with van der Waals surface area (Å²) in [5, 5.41) is 2.82. The van der Waals surface area contributed by atoms with Gasteiger partial charge < -0.3 is 4.90 Å². The molecule has 120 valence electrons. The maximum absolute atomic E-state index is 2.51. The summed E-state index contributed by atoms with van der Waals surface area (Å²) < 4.78 is 3.90. The smallest absolute Gasteiger partial charge is 0.279 e. The zero-order valence-corrected chi connectivity index (χ0v) is 15.8. The van der Waals surface area contributed by atoms with E-state index in [-0.39, 0.29) is 0 Å². The molecule has 0 radical (unpaired) electrons. The molecule has 5 heteroatoms. The first-order chi connectivity index (χ1) is 11.9. The maximum atomic E-state index is 2.51. The van der Waals surface area contributed by atoms with Crippen LogP contribution in [0.1, 0.15) is 11.9 Å². The van der Waals surface area contributed by atoms with Crippen molar-refractivity contribution in [1.82, 2.24) is 0 Å². The van der Waals surface area contributed by atoms with Crippen LogP contribution in [0.2, 0.25) is 0 Å². The molecule has 2 aromatic carbocycles. The third-order valence-corrected chi connectivity index (χ3v) is 8.17. The fourth-order valence-corrected chi connectivity index (χ4v) is 7.30. The zero-order valence-electron chi connectivity index (χ0n) is 13.4. The summed E-state index contributed by atoms with van der Waals surface area (Å²) >= 11 is 5.87. The normalized spacial score (nSPS) is 19.6. The van der Waals surface area contributed by atoms with E-state index in [9.17, 15) is 0 Å². The van der Waals surface area contributed by atoms with Crippen LogP contribution in [0, 0.1) is 0 Å². The van der Waals surface area contributed by atoms with Crippen LogP contribution in [-0.2, 0) is 6.54 Å².